The van der Waals surface area contributed by atoms with Gasteiger partial charge in [-0.15, -0.1) is 0 Å². The number of halogens is 5. The maximum absolute atomic E-state index is 14.1. The molecule has 1 saturated carbocycles. The molecule has 41 heavy (non-hydrogen) atoms. The van der Waals surface area contributed by atoms with Crippen LogP contribution in [0, 0.1) is 0 Å². The SMILES string of the molecule is O=S(=O)(CCC(F)(F)F)NC1CCC(Nc2cc(-n3c(C(F)F)nc4ccccc43)nc(N3CCOCC3)n2)CC1. The third-order valence-corrected chi connectivity index (χ3v) is 8.52. The van der Waals surface area contributed by atoms with Crippen LogP contribution in [0.2, 0.25) is 0 Å². The van der Waals surface area contributed by atoms with Crippen LogP contribution in [-0.2, 0) is 14.8 Å². The lowest BCUT2D eigenvalue weighted by Gasteiger charge is -2.31. The van der Waals surface area contributed by atoms with Gasteiger partial charge in [-0.3, -0.25) is 4.57 Å². The van der Waals surface area contributed by atoms with Crippen molar-refractivity contribution in [2.75, 3.05) is 42.3 Å². The summed E-state index contributed by atoms with van der Waals surface area (Å²) >= 11 is 0. The smallest absolute Gasteiger partial charge is 0.378 e. The van der Waals surface area contributed by atoms with Crippen molar-refractivity contribution in [2.24, 2.45) is 0 Å². The molecule has 2 fully saturated rings. The number of nitrogens with one attached hydrogen (secondary N) is 2. The molecular formula is C25H30F5N7O3S. The van der Waals surface area contributed by atoms with Gasteiger partial charge in [0.05, 0.1) is 36.4 Å². The Morgan fingerprint density at radius 2 is 1.68 bits per heavy atom. The van der Waals surface area contributed by atoms with Gasteiger partial charge in [-0.2, -0.15) is 23.1 Å². The lowest BCUT2D eigenvalue weighted by molar-refractivity contribution is -0.130. The van der Waals surface area contributed by atoms with Crippen molar-refractivity contribution in [1.82, 2.24) is 24.2 Å². The highest BCUT2D eigenvalue weighted by Crippen LogP contribution is 2.30. The highest BCUT2D eigenvalue weighted by atomic mass is 32.2. The first-order valence-electron chi connectivity index (χ1n) is 13.3. The molecule has 0 radical (unpaired) electrons. The second-order valence-electron chi connectivity index (χ2n) is 10.1. The van der Waals surface area contributed by atoms with E-state index in [0.717, 1.165) is 0 Å². The summed E-state index contributed by atoms with van der Waals surface area (Å²) < 4.78 is 98.9. The van der Waals surface area contributed by atoms with E-state index in [1.165, 1.54) is 4.57 Å². The number of hydrogen-bond acceptors (Lipinski definition) is 8. The monoisotopic (exact) mass is 603 g/mol. The van der Waals surface area contributed by atoms with Crippen molar-refractivity contribution in [3.05, 3.63) is 36.2 Å². The van der Waals surface area contributed by atoms with Gasteiger partial charge in [0, 0.05) is 31.2 Å². The summed E-state index contributed by atoms with van der Waals surface area (Å²) in [6.07, 6.45) is -6.93. The fraction of sp³-hybridized carbons (Fsp3) is 0.560. The van der Waals surface area contributed by atoms with Crippen molar-refractivity contribution in [3.8, 4) is 5.82 Å². The predicted molar refractivity (Wildman–Crippen MR) is 142 cm³/mol. The lowest BCUT2D eigenvalue weighted by atomic mass is 9.92. The molecule has 0 unspecified atom stereocenters. The molecule has 0 spiro atoms. The number of aromatic nitrogens is 4. The van der Waals surface area contributed by atoms with Crippen molar-refractivity contribution in [1.29, 1.82) is 0 Å². The van der Waals surface area contributed by atoms with Gasteiger partial charge in [0.2, 0.25) is 16.0 Å². The number of hydrogen-bond donors (Lipinski definition) is 2. The van der Waals surface area contributed by atoms with Gasteiger partial charge < -0.3 is 15.0 Å². The van der Waals surface area contributed by atoms with Gasteiger partial charge in [0.15, 0.2) is 5.82 Å². The van der Waals surface area contributed by atoms with Crippen LogP contribution in [0.3, 0.4) is 0 Å². The molecule has 0 bridgehead atoms. The van der Waals surface area contributed by atoms with E-state index in [0.29, 0.717) is 74.8 Å². The number of morpholine rings is 1. The number of ether oxygens (including phenoxy) is 1. The Morgan fingerprint density at radius 3 is 2.37 bits per heavy atom. The van der Waals surface area contributed by atoms with Gasteiger partial charge in [-0.1, -0.05) is 12.1 Å². The number of nitrogens with zero attached hydrogens (tertiary/aromatic N) is 5. The molecule has 3 aromatic rings. The van der Waals surface area contributed by atoms with Crippen molar-refractivity contribution < 1.29 is 35.1 Å². The summed E-state index contributed by atoms with van der Waals surface area (Å²) in [6.45, 7) is 1.98. The number of alkyl halides is 5. The fourth-order valence-electron chi connectivity index (χ4n) is 5.07. The highest BCUT2D eigenvalue weighted by molar-refractivity contribution is 7.89. The minimum atomic E-state index is -4.55. The minimum absolute atomic E-state index is 0.125. The Hall–Kier alpha value is -3.11. The molecule has 1 aromatic carbocycles. The first kappa shape index (κ1) is 29.4. The van der Waals surface area contributed by atoms with Crippen LogP contribution in [0.15, 0.2) is 30.3 Å². The third kappa shape index (κ3) is 7.40. The second-order valence-corrected chi connectivity index (χ2v) is 12.0. The average molecular weight is 604 g/mol. The molecule has 5 rings (SSSR count). The Bertz CT molecular complexity index is 1450. The average Bonchev–Trinajstić information content (AvgIpc) is 3.33. The lowest BCUT2D eigenvalue weighted by Crippen LogP contribution is -2.41. The molecule has 1 aliphatic carbocycles. The largest absolute Gasteiger partial charge is 0.390 e. The standard InChI is InChI=1S/C25H30F5N7O3S/c26-22(27)23-32-18-3-1-2-4-19(18)37(23)21-15-20(33-24(34-21)36-10-12-40-13-11-36)31-16-5-7-17(8-6-16)35-41(38,39)14-9-25(28,29)30/h1-4,15-17,22,35H,5-14H2,(H,31,33,34). The van der Waals surface area contributed by atoms with E-state index in [1.54, 1.807) is 30.3 Å². The Labute approximate surface area is 233 Å². The van der Waals surface area contributed by atoms with Crippen LogP contribution in [0.25, 0.3) is 16.9 Å². The Morgan fingerprint density at radius 1 is 1.00 bits per heavy atom. The summed E-state index contributed by atoms with van der Waals surface area (Å²) in [4.78, 5) is 15.3. The van der Waals surface area contributed by atoms with Gasteiger partial charge in [-0.05, 0) is 37.8 Å². The van der Waals surface area contributed by atoms with Crippen molar-refractivity contribution in [3.63, 3.8) is 0 Å². The second kappa shape index (κ2) is 12.0. The molecule has 2 N–H and O–H groups in total. The Kier molecular flexibility index (Phi) is 8.61. The topological polar surface area (TPSA) is 114 Å². The van der Waals surface area contributed by atoms with E-state index in [2.05, 4.69) is 25.0 Å². The minimum Gasteiger partial charge on any atom is -0.378 e. The van der Waals surface area contributed by atoms with Crippen LogP contribution in [0.4, 0.5) is 33.7 Å². The number of imidazole rings is 1. The van der Waals surface area contributed by atoms with Crippen LogP contribution in [0.1, 0.15) is 44.4 Å². The number of sulfonamides is 1. The maximum Gasteiger partial charge on any atom is 0.390 e. The van der Waals surface area contributed by atoms with Gasteiger partial charge in [0.1, 0.15) is 11.6 Å². The van der Waals surface area contributed by atoms with E-state index in [9.17, 15) is 30.4 Å². The van der Waals surface area contributed by atoms with E-state index in [4.69, 9.17) is 4.74 Å². The number of para-hydroxylation sites is 2. The third-order valence-electron chi connectivity index (χ3n) is 7.09. The van der Waals surface area contributed by atoms with Crippen LogP contribution < -0.4 is 14.9 Å². The molecule has 2 aromatic heterocycles. The molecule has 0 amide bonds. The quantitative estimate of drug-likeness (QED) is 0.350. The number of anilines is 2. The van der Waals surface area contributed by atoms with E-state index < -0.39 is 46.7 Å². The molecule has 16 heteroatoms. The molecule has 10 nitrogen and oxygen atoms in total. The normalized spacial score (nSPS) is 20.6. The first-order chi connectivity index (χ1) is 19.5. The Balaban J connectivity index is 1.36. The summed E-state index contributed by atoms with van der Waals surface area (Å²) in [5, 5.41) is 3.33. The molecule has 224 valence electrons. The number of fused-ring (bicyclic) bond motifs is 1. The zero-order valence-electron chi connectivity index (χ0n) is 21.9. The van der Waals surface area contributed by atoms with Crippen molar-refractivity contribution in [2.45, 2.75) is 56.8 Å². The van der Waals surface area contributed by atoms with Crippen LogP contribution in [0.5, 0.6) is 0 Å². The van der Waals surface area contributed by atoms with Crippen molar-refractivity contribution >= 4 is 32.8 Å². The highest BCUT2D eigenvalue weighted by Gasteiger charge is 2.32. The molecule has 0 atom stereocenters. The summed E-state index contributed by atoms with van der Waals surface area (Å²) in [7, 11) is -4.07. The molecular weight excluding hydrogens is 573 g/mol. The zero-order valence-corrected chi connectivity index (χ0v) is 22.8. The van der Waals surface area contributed by atoms with Gasteiger partial charge in [0.25, 0.3) is 6.43 Å². The van der Waals surface area contributed by atoms with Gasteiger partial charge >= 0.3 is 6.18 Å². The van der Waals surface area contributed by atoms with Crippen LogP contribution >= 0.6 is 0 Å². The van der Waals surface area contributed by atoms with E-state index in [-0.39, 0.29) is 11.9 Å². The maximum atomic E-state index is 14.1. The van der Waals surface area contributed by atoms with Crippen LogP contribution in [-0.4, -0.2) is 78.3 Å². The predicted octanol–water partition coefficient (Wildman–Crippen LogP) is 4.18. The number of rotatable bonds is 9. The molecule has 1 aliphatic heterocycles. The van der Waals surface area contributed by atoms with Gasteiger partial charge in [-0.25, -0.2) is 26.9 Å². The molecule has 1 saturated heterocycles. The summed E-state index contributed by atoms with van der Waals surface area (Å²) in [6, 6.07) is 7.77. The molecule has 3 heterocycles. The zero-order chi connectivity index (χ0) is 29.2. The van der Waals surface area contributed by atoms with E-state index >= 15 is 0 Å². The summed E-state index contributed by atoms with van der Waals surface area (Å²) in [5.74, 6) is -0.478. The number of benzene rings is 1. The molecule has 2 aliphatic rings. The summed E-state index contributed by atoms with van der Waals surface area (Å²) in [5.41, 5.74) is 0.874. The van der Waals surface area contributed by atoms with E-state index in [1.807, 2.05) is 4.90 Å². The first-order valence-corrected chi connectivity index (χ1v) is 14.9. The fourth-order valence-corrected chi connectivity index (χ4v) is 6.44.